The van der Waals surface area contributed by atoms with Crippen LogP contribution >= 0.6 is 0 Å². The van der Waals surface area contributed by atoms with Crippen molar-refractivity contribution in [3.05, 3.63) is 36.2 Å². The van der Waals surface area contributed by atoms with Crippen LogP contribution < -0.4 is 16.0 Å². The van der Waals surface area contributed by atoms with E-state index in [9.17, 15) is 4.79 Å². The third kappa shape index (κ3) is 2.75. The minimum atomic E-state index is -0.183. The summed E-state index contributed by atoms with van der Waals surface area (Å²) in [7, 11) is 1.95. The van der Waals surface area contributed by atoms with Crippen LogP contribution in [-0.4, -0.2) is 40.3 Å². The SMILES string of the molecule is Cc1c(N)ncc(-c2ccc3c(cnn3C)c2)c1N1CCC2(CCNC2=O)CC1. The van der Waals surface area contributed by atoms with Crippen LogP contribution in [0.25, 0.3) is 22.0 Å². The Morgan fingerprint density at radius 2 is 1.97 bits per heavy atom. The Bertz CT molecular complexity index is 1110. The Balaban J connectivity index is 1.54. The van der Waals surface area contributed by atoms with Crippen LogP contribution in [0.3, 0.4) is 0 Å². The molecule has 2 aliphatic rings. The second-order valence-corrected chi connectivity index (χ2v) is 8.35. The van der Waals surface area contributed by atoms with Gasteiger partial charge in [-0.2, -0.15) is 5.10 Å². The Morgan fingerprint density at radius 1 is 1.17 bits per heavy atom. The summed E-state index contributed by atoms with van der Waals surface area (Å²) in [6, 6.07) is 6.38. The quantitative estimate of drug-likeness (QED) is 0.702. The molecule has 150 valence electrons. The van der Waals surface area contributed by atoms with Crippen LogP contribution in [0.15, 0.2) is 30.6 Å². The highest BCUT2D eigenvalue weighted by Crippen LogP contribution is 2.43. The van der Waals surface area contributed by atoms with Gasteiger partial charge < -0.3 is 16.0 Å². The molecule has 0 radical (unpaired) electrons. The lowest BCUT2D eigenvalue weighted by molar-refractivity contribution is -0.128. The number of nitrogens with two attached hydrogens (primary N) is 1. The molecule has 7 heteroatoms. The first-order valence-electron chi connectivity index (χ1n) is 10.2. The minimum Gasteiger partial charge on any atom is -0.383 e. The molecule has 2 aliphatic heterocycles. The molecule has 1 amide bonds. The van der Waals surface area contributed by atoms with Crippen molar-refractivity contribution in [3.63, 3.8) is 0 Å². The summed E-state index contributed by atoms with van der Waals surface area (Å²) in [6.07, 6.45) is 6.46. The molecule has 29 heavy (non-hydrogen) atoms. The minimum absolute atomic E-state index is 0.183. The van der Waals surface area contributed by atoms with Crippen LogP contribution in [0.1, 0.15) is 24.8 Å². The molecule has 0 saturated carbocycles. The van der Waals surface area contributed by atoms with Crippen LogP contribution in [0.2, 0.25) is 0 Å². The van der Waals surface area contributed by atoms with Crippen LogP contribution in [-0.2, 0) is 11.8 Å². The Morgan fingerprint density at radius 3 is 2.69 bits per heavy atom. The lowest BCUT2D eigenvalue weighted by Gasteiger charge is -2.40. The highest BCUT2D eigenvalue weighted by atomic mass is 16.2. The number of nitrogen functional groups attached to an aromatic ring is 1. The fourth-order valence-corrected chi connectivity index (χ4v) is 4.92. The number of hydrogen-bond donors (Lipinski definition) is 2. The van der Waals surface area contributed by atoms with Gasteiger partial charge in [-0.3, -0.25) is 9.48 Å². The normalized spacial score (nSPS) is 18.6. The van der Waals surface area contributed by atoms with Gasteiger partial charge in [0.15, 0.2) is 0 Å². The predicted octanol–water partition coefficient (Wildman–Crippen LogP) is 2.63. The zero-order valence-corrected chi connectivity index (χ0v) is 16.9. The van der Waals surface area contributed by atoms with Crippen LogP contribution in [0.4, 0.5) is 11.5 Å². The Hall–Kier alpha value is -3.09. The van der Waals surface area contributed by atoms with E-state index in [0.717, 1.165) is 72.2 Å². The summed E-state index contributed by atoms with van der Waals surface area (Å²) in [6.45, 7) is 4.53. The van der Waals surface area contributed by atoms with Gasteiger partial charge in [0.1, 0.15) is 5.82 Å². The largest absolute Gasteiger partial charge is 0.383 e. The Kier molecular flexibility index (Phi) is 4.01. The van der Waals surface area contributed by atoms with Crippen molar-refractivity contribution in [1.29, 1.82) is 0 Å². The fraction of sp³-hybridized carbons (Fsp3) is 0.409. The molecule has 4 heterocycles. The van der Waals surface area contributed by atoms with Crippen molar-refractivity contribution in [1.82, 2.24) is 20.1 Å². The van der Waals surface area contributed by atoms with Gasteiger partial charge in [0.2, 0.25) is 5.91 Å². The molecule has 3 aromatic rings. The maximum absolute atomic E-state index is 12.4. The number of nitrogens with one attached hydrogen (secondary N) is 1. The average molecular weight is 390 g/mol. The van der Waals surface area contributed by atoms with Crippen LogP contribution in [0, 0.1) is 12.3 Å². The highest BCUT2D eigenvalue weighted by molar-refractivity contribution is 5.90. The van der Waals surface area contributed by atoms with Gasteiger partial charge in [-0.15, -0.1) is 0 Å². The molecule has 5 rings (SSSR count). The number of amides is 1. The van der Waals surface area contributed by atoms with Crippen LogP contribution in [0.5, 0.6) is 0 Å². The first-order chi connectivity index (χ1) is 14.0. The van der Waals surface area contributed by atoms with Crippen molar-refractivity contribution in [2.24, 2.45) is 12.5 Å². The van der Waals surface area contributed by atoms with Crippen molar-refractivity contribution in [3.8, 4) is 11.1 Å². The van der Waals surface area contributed by atoms with E-state index >= 15 is 0 Å². The second-order valence-electron chi connectivity index (χ2n) is 8.35. The molecule has 3 N–H and O–H groups in total. The topological polar surface area (TPSA) is 89.1 Å². The number of piperidine rings is 1. The molecular formula is C22H26N6O. The van der Waals surface area contributed by atoms with Gasteiger partial charge in [0.05, 0.1) is 22.8 Å². The van der Waals surface area contributed by atoms with E-state index in [-0.39, 0.29) is 11.3 Å². The molecule has 7 nitrogen and oxygen atoms in total. The summed E-state index contributed by atoms with van der Waals surface area (Å²) >= 11 is 0. The van der Waals surface area contributed by atoms with Crippen molar-refractivity contribution in [2.45, 2.75) is 26.2 Å². The standard InChI is InChI=1S/C22H26N6O/c1-14-19(28-9-6-22(7-10-28)5-8-24-21(22)29)17(13-25-20(14)23)15-3-4-18-16(11-15)12-26-27(18)2/h3-4,11-13H,5-10H2,1-2H3,(H2,23,25)(H,24,29). The number of benzene rings is 1. The summed E-state index contributed by atoms with van der Waals surface area (Å²) in [5.41, 5.74) is 11.4. The van der Waals surface area contributed by atoms with Gasteiger partial charge in [0.25, 0.3) is 0 Å². The van der Waals surface area contributed by atoms with E-state index in [4.69, 9.17) is 5.73 Å². The number of pyridine rings is 1. The first kappa shape index (κ1) is 18.0. The molecule has 2 fully saturated rings. The summed E-state index contributed by atoms with van der Waals surface area (Å²) < 4.78 is 1.88. The number of anilines is 2. The molecule has 0 unspecified atom stereocenters. The van der Waals surface area contributed by atoms with Gasteiger partial charge in [-0.05, 0) is 43.9 Å². The third-order valence-corrected chi connectivity index (χ3v) is 6.79. The molecular weight excluding hydrogens is 364 g/mol. The van der Waals surface area contributed by atoms with E-state index in [1.807, 2.05) is 31.0 Å². The molecule has 0 aliphatic carbocycles. The summed E-state index contributed by atoms with van der Waals surface area (Å²) in [5, 5.41) is 8.47. The number of hydrogen-bond acceptors (Lipinski definition) is 5. The molecule has 1 aromatic carbocycles. The number of carbonyl (C=O) groups excluding carboxylic acids is 1. The molecule has 2 aromatic heterocycles. The van der Waals surface area contributed by atoms with Crippen molar-refractivity contribution in [2.75, 3.05) is 30.3 Å². The zero-order chi connectivity index (χ0) is 20.2. The average Bonchev–Trinajstić information content (AvgIpc) is 3.27. The molecule has 1 spiro atoms. The summed E-state index contributed by atoms with van der Waals surface area (Å²) in [4.78, 5) is 19.2. The zero-order valence-electron chi connectivity index (χ0n) is 16.9. The predicted molar refractivity (Wildman–Crippen MR) is 115 cm³/mol. The van der Waals surface area contributed by atoms with E-state index in [0.29, 0.717) is 5.82 Å². The van der Waals surface area contributed by atoms with E-state index in [2.05, 4.69) is 38.5 Å². The number of aryl methyl sites for hydroxylation is 1. The van der Waals surface area contributed by atoms with Gasteiger partial charge in [-0.1, -0.05) is 6.07 Å². The summed E-state index contributed by atoms with van der Waals surface area (Å²) in [5.74, 6) is 0.787. The fourth-order valence-electron chi connectivity index (χ4n) is 4.92. The lowest BCUT2D eigenvalue weighted by atomic mass is 9.77. The number of aromatic nitrogens is 3. The molecule has 0 bridgehead atoms. The van der Waals surface area contributed by atoms with Gasteiger partial charge >= 0.3 is 0 Å². The molecule has 2 saturated heterocycles. The highest BCUT2D eigenvalue weighted by Gasteiger charge is 2.44. The maximum atomic E-state index is 12.4. The lowest BCUT2D eigenvalue weighted by Crippen LogP contribution is -2.44. The van der Waals surface area contributed by atoms with Gasteiger partial charge in [-0.25, -0.2) is 4.98 Å². The van der Waals surface area contributed by atoms with E-state index < -0.39 is 0 Å². The third-order valence-electron chi connectivity index (χ3n) is 6.79. The maximum Gasteiger partial charge on any atom is 0.226 e. The van der Waals surface area contributed by atoms with Gasteiger partial charge in [0, 0.05) is 49.4 Å². The Labute approximate surface area is 169 Å². The second kappa shape index (κ2) is 6.47. The number of carbonyl (C=O) groups is 1. The van der Waals surface area contributed by atoms with E-state index in [1.54, 1.807) is 0 Å². The van der Waals surface area contributed by atoms with E-state index in [1.165, 1.54) is 0 Å². The molecule has 0 atom stereocenters. The first-order valence-corrected chi connectivity index (χ1v) is 10.2. The van der Waals surface area contributed by atoms with Crippen molar-refractivity contribution >= 4 is 28.3 Å². The number of rotatable bonds is 2. The monoisotopic (exact) mass is 390 g/mol. The smallest absolute Gasteiger partial charge is 0.226 e. The number of fused-ring (bicyclic) bond motifs is 1. The van der Waals surface area contributed by atoms with Crippen molar-refractivity contribution < 1.29 is 4.79 Å². The number of nitrogens with zero attached hydrogens (tertiary/aromatic N) is 4.